The van der Waals surface area contributed by atoms with Crippen molar-refractivity contribution in [2.75, 3.05) is 6.54 Å². The molecule has 0 saturated heterocycles. The van der Waals surface area contributed by atoms with Crippen LogP contribution in [-0.4, -0.2) is 26.0 Å². The molecule has 0 amide bonds. The van der Waals surface area contributed by atoms with Gasteiger partial charge in [0.15, 0.2) is 0 Å². The zero-order valence-electron chi connectivity index (χ0n) is 10.5. The minimum absolute atomic E-state index is 0.0244. The van der Waals surface area contributed by atoms with Crippen molar-refractivity contribution in [3.8, 4) is 0 Å². The van der Waals surface area contributed by atoms with Crippen molar-refractivity contribution in [1.29, 1.82) is 0 Å². The first-order valence-electron chi connectivity index (χ1n) is 5.32. The molecule has 0 aromatic heterocycles. The number of aromatic carboxylic acids is 1. The third kappa shape index (κ3) is 3.89. The number of sulfonamides is 1. The van der Waals surface area contributed by atoms with E-state index in [9.17, 15) is 13.2 Å². The van der Waals surface area contributed by atoms with Crippen molar-refractivity contribution in [2.24, 2.45) is 0 Å². The van der Waals surface area contributed by atoms with Gasteiger partial charge in [0, 0.05) is 11.0 Å². The van der Waals surface area contributed by atoms with Crippen molar-refractivity contribution in [1.82, 2.24) is 4.72 Å². The molecule has 0 bridgehead atoms. The summed E-state index contributed by atoms with van der Waals surface area (Å²) in [7, 11) is -3.76. The number of nitrogens with one attached hydrogen (secondary N) is 1. The Bertz CT molecular complexity index is 637. The highest BCUT2D eigenvalue weighted by Gasteiger charge is 2.20. The summed E-state index contributed by atoms with van der Waals surface area (Å²) in [6.07, 6.45) is 0. The normalized spacial score (nSPS) is 11.3. The molecule has 104 valence electrons. The van der Waals surface area contributed by atoms with Crippen LogP contribution in [0.1, 0.15) is 21.5 Å². The molecule has 1 rings (SSSR count). The van der Waals surface area contributed by atoms with Crippen molar-refractivity contribution < 1.29 is 18.3 Å². The Labute approximate surface area is 120 Å². The summed E-state index contributed by atoms with van der Waals surface area (Å²) in [5.74, 6) is -1.15. The summed E-state index contributed by atoms with van der Waals surface area (Å²) in [6.45, 7) is 6.82. The second kappa shape index (κ2) is 5.85. The molecule has 0 aliphatic heterocycles. The molecule has 0 unspecified atom stereocenters. The lowest BCUT2D eigenvalue weighted by molar-refractivity contribution is 0.0696. The Balaban J connectivity index is 3.30. The zero-order valence-corrected chi connectivity index (χ0v) is 12.9. The highest BCUT2D eigenvalue weighted by Crippen LogP contribution is 2.20. The van der Waals surface area contributed by atoms with Crippen LogP contribution in [-0.2, 0) is 10.0 Å². The van der Waals surface area contributed by atoms with Gasteiger partial charge < -0.3 is 5.11 Å². The molecule has 0 saturated carbocycles. The summed E-state index contributed by atoms with van der Waals surface area (Å²) >= 11 is 3.05. The third-order valence-electron chi connectivity index (χ3n) is 2.50. The van der Waals surface area contributed by atoms with Crippen molar-refractivity contribution in [3.05, 3.63) is 39.9 Å². The van der Waals surface area contributed by atoms with Gasteiger partial charge in [0.1, 0.15) is 0 Å². The predicted molar refractivity (Wildman–Crippen MR) is 76.1 cm³/mol. The molecule has 0 radical (unpaired) electrons. The van der Waals surface area contributed by atoms with Crippen LogP contribution in [0.25, 0.3) is 0 Å². The van der Waals surface area contributed by atoms with E-state index in [2.05, 4.69) is 27.2 Å². The Hall–Kier alpha value is -1.18. The van der Waals surface area contributed by atoms with E-state index in [-0.39, 0.29) is 17.0 Å². The van der Waals surface area contributed by atoms with Crippen molar-refractivity contribution in [3.63, 3.8) is 0 Å². The number of rotatable bonds is 5. The Kier molecular flexibility index (Phi) is 4.89. The summed E-state index contributed by atoms with van der Waals surface area (Å²) in [6, 6.07) is 2.72. The van der Waals surface area contributed by atoms with Gasteiger partial charge in [0.05, 0.1) is 10.5 Å². The van der Waals surface area contributed by atoms with E-state index in [4.69, 9.17) is 5.11 Å². The van der Waals surface area contributed by atoms with Crippen LogP contribution in [0.15, 0.2) is 28.1 Å². The summed E-state index contributed by atoms with van der Waals surface area (Å²) in [4.78, 5) is 11.0. The summed E-state index contributed by atoms with van der Waals surface area (Å²) in [5, 5.41) is 9.03. The molecule has 0 heterocycles. The van der Waals surface area contributed by atoms with E-state index in [1.54, 1.807) is 19.9 Å². The maximum Gasteiger partial charge on any atom is 0.335 e. The maximum atomic E-state index is 12.1. The van der Waals surface area contributed by atoms with Crippen LogP contribution >= 0.6 is 15.9 Å². The molecule has 0 aliphatic rings. The second-order valence-corrected chi connectivity index (χ2v) is 6.94. The number of halogens is 1. The first kappa shape index (κ1) is 15.9. The SMILES string of the molecule is C=C(Br)CNS(=O)(=O)c1cc(C(=O)O)c(C)cc1C. The largest absolute Gasteiger partial charge is 0.478 e. The van der Waals surface area contributed by atoms with Gasteiger partial charge in [-0.15, -0.1) is 0 Å². The van der Waals surface area contributed by atoms with Gasteiger partial charge in [0.2, 0.25) is 10.0 Å². The van der Waals surface area contributed by atoms with Crippen LogP contribution in [0.5, 0.6) is 0 Å². The molecule has 0 spiro atoms. The fourth-order valence-electron chi connectivity index (χ4n) is 1.60. The maximum absolute atomic E-state index is 12.1. The Morgan fingerprint density at radius 1 is 1.37 bits per heavy atom. The topological polar surface area (TPSA) is 83.5 Å². The van der Waals surface area contributed by atoms with Crippen molar-refractivity contribution in [2.45, 2.75) is 18.7 Å². The van der Waals surface area contributed by atoms with Gasteiger partial charge in [-0.1, -0.05) is 28.6 Å². The molecule has 0 aliphatic carbocycles. The average molecular weight is 348 g/mol. The first-order valence-corrected chi connectivity index (χ1v) is 7.60. The van der Waals surface area contributed by atoms with Crippen LogP contribution in [0, 0.1) is 13.8 Å². The molecule has 5 nitrogen and oxygen atoms in total. The lowest BCUT2D eigenvalue weighted by Crippen LogP contribution is -2.26. The minimum Gasteiger partial charge on any atom is -0.478 e. The summed E-state index contributed by atoms with van der Waals surface area (Å²) < 4.78 is 27.0. The van der Waals surface area contributed by atoms with E-state index < -0.39 is 16.0 Å². The number of carboxylic acid groups (broad SMARTS) is 1. The van der Waals surface area contributed by atoms with Crippen LogP contribution in [0.2, 0.25) is 0 Å². The fraction of sp³-hybridized carbons (Fsp3) is 0.250. The number of hydrogen-bond donors (Lipinski definition) is 2. The third-order valence-corrected chi connectivity index (χ3v) is 4.32. The lowest BCUT2D eigenvalue weighted by Gasteiger charge is -2.11. The van der Waals surface area contributed by atoms with Gasteiger partial charge >= 0.3 is 5.97 Å². The highest BCUT2D eigenvalue weighted by molar-refractivity contribution is 9.11. The fourth-order valence-corrected chi connectivity index (χ4v) is 3.20. The van der Waals surface area contributed by atoms with Crippen LogP contribution < -0.4 is 4.72 Å². The molecule has 0 atom stereocenters. The molecule has 19 heavy (non-hydrogen) atoms. The quantitative estimate of drug-likeness (QED) is 0.854. The van der Waals surface area contributed by atoms with E-state index in [0.29, 0.717) is 15.6 Å². The predicted octanol–water partition coefficient (Wildman–Crippen LogP) is 2.19. The molecule has 1 aromatic carbocycles. The van der Waals surface area contributed by atoms with E-state index in [0.717, 1.165) is 0 Å². The van der Waals surface area contributed by atoms with Crippen LogP contribution in [0.3, 0.4) is 0 Å². The van der Waals surface area contributed by atoms with Gasteiger partial charge in [0.25, 0.3) is 0 Å². The van der Waals surface area contributed by atoms with Crippen molar-refractivity contribution >= 4 is 31.9 Å². The molecule has 7 heteroatoms. The number of benzene rings is 1. The zero-order chi connectivity index (χ0) is 14.8. The molecule has 2 N–H and O–H groups in total. The number of carbonyl (C=O) groups is 1. The van der Waals surface area contributed by atoms with Gasteiger partial charge in [-0.25, -0.2) is 17.9 Å². The summed E-state index contributed by atoms with van der Waals surface area (Å²) in [5.41, 5.74) is 0.993. The Morgan fingerprint density at radius 2 is 1.95 bits per heavy atom. The van der Waals surface area contributed by atoms with E-state index in [1.165, 1.54) is 6.07 Å². The smallest absolute Gasteiger partial charge is 0.335 e. The molecular weight excluding hydrogens is 334 g/mol. The average Bonchev–Trinajstić information content (AvgIpc) is 2.25. The van der Waals surface area contributed by atoms with Gasteiger partial charge in [-0.2, -0.15) is 0 Å². The monoisotopic (exact) mass is 347 g/mol. The number of carboxylic acids is 1. The highest BCUT2D eigenvalue weighted by atomic mass is 79.9. The minimum atomic E-state index is -3.76. The van der Waals surface area contributed by atoms with Crippen LogP contribution in [0.4, 0.5) is 0 Å². The Morgan fingerprint density at radius 3 is 2.42 bits per heavy atom. The van der Waals surface area contributed by atoms with E-state index in [1.807, 2.05) is 0 Å². The second-order valence-electron chi connectivity index (χ2n) is 4.08. The lowest BCUT2D eigenvalue weighted by atomic mass is 10.1. The van der Waals surface area contributed by atoms with Gasteiger partial charge in [-0.3, -0.25) is 0 Å². The molecule has 1 aromatic rings. The number of aryl methyl sites for hydroxylation is 2. The molecular formula is C12H14BrNO4S. The number of hydrogen-bond acceptors (Lipinski definition) is 3. The van der Waals surface area contributed by atoms with Gasteiger partial charge in [-0.05, 0) is 31.0 Å². The standard InChI is InChI=1S/C12H14BrNO4S/c1-7-4-8(2)11(5-10(7)12(15)16)19(17,18)14-6-9(3)13/h4-5,14H,3,6H2,1-2H3,(H,15,16). The van der Waals surface area contributed by atoms with E-state index >= 15 is 0 Å². The molecule has 0 fully saturated rings. The first-order chi connectivity index (χ1) is 8.65.